The molecule has 0 aliphatic rings. The van der Waals surface area contributed by atoms with Crippen molar-refractivity contribution in [3.05, 3.63) is 59.7 Å². The lowest BCUT2D eigenvalue weighted by molar-refractivity contribution is -0.111. The van der Waals surface area contributed by atoms with Crippen molar-refractivity contribution in [2.45, 2.75) is 46.1 Å². The summed E-state index contributed by atoms with van der Waals surface area (Å²) >= 11 is 0. The highest BCUT2D eigenvalue weighted by atomic mass is 16.5. The fourth-order valence-electron chi connectivity index (χ4n) is 2.63. The van der Waals surface area contributed by atoms with Crippen LogP contribution in [0.15, 0.2) is 48.5 Å². The number of carbonyl (C=O) groups excluding carboxylic acids is 1. The number of carbonyl (C=O) groups is 1. The molecule has 0 radical (unpaired) electrons. The Bertz CT molecular complexity index is 764. The normalized spacial score (nSPS) is 11.0. The lowest BCUT2D eigenvalue weighted by Crippen LogP contribution is -2.08. The predicted molar refractivity (Wildman–Crippen MR) is 111 cm³/mol. The van der Waals surface area contributed by atoms with E-state index < -0.39 is 0 Å². The molecule has 144 valence electrons. The quantitative estimate of drug-likeness (QED) is 0.597. The van der Waals surface area contributed by atoms with Crippen molar-refractivity contribution in [3.63, 3.8) is 0 Å². The number of ether oxygens (including phenoxy) is 2. The molecule has 0 spiro atoms. The Hall–Kier alpha value is -2.75. The molecule has 0 atom stereocenters. The highest BCUT2D eigenvalue weighted by molar-refractivity contribution is 6.01. The Balaban J connectivity index is 1.97. The van der Waals surface area contributed by atoms with E-state index in [9.17, 15) is 4.79 Å². The fraction of sp³-hybridized carbons (Fsp3) is 0.348. The van der Waals surface area contributed by atoms with Gasteiger partial charge in [-0.15, -0.1) is 0 Å². The van der Waals surface area contributed by atoms with E-state index in [2.05, 4.69) is 24.4 Å². The Morgan fingerprint density at radius 3 is 2.48 bits per heavy atom. The third-order valence-corrected chi connectivity index (χ3v) is 4.02. The van der Waals surface area contributed by atoms with Crippen LogP contribution >= 0.6 is 0 Å². The van der Waals surface area contributed by atoms with E-state index in [4.69, 9.17) is 9.47 Å². The van der Waals surface area contributed by atoms with Crippen LogP contribution in [-0.2, 0) is 11.2 Å². The second-order valence-electron chi connectivity index (χ2n) is 6.70. The number of rotatable bonds is 9. The Morgan fingerprint density at radius 1 is 1.11 bits per heavy atom. The summed E-state index contributed by atoms with van der Waals surface area (Å²) in [5.74, 6) is 1.17. The predicted octanol–water partition coefficient (Wildman–Crippen LogP) is 5.48. The Kier molecular flexibility index (Phi) is 7.93. The van der Waals surface area contributed by atoms with Gasteiger partial charge in [0, 0.05) is 11.8 Å². The molecule has 2 aromatic rings. The van der Waals surface area contributed by atoms with Gasteiger partial charge in [-0.05, 0) is 68.2 Å². The molecule has 0 aliphatic heterocycles. The van der Waals surface area contributed by atoms with E-state index in [0.717, 1.165) is 17.7 Å². The van der Waals surface area contributed by atoms with Gasteiger partial charge in [0.05, 0.1) is 13.2 Å². The molecule has 0 unspecified atom stereocenters. The number of anilines is 1. The van der Waals surface area contributed by atoms with Crippen LogP contribution < -0.4 is 14.8 Å². The molecule has 4 heteroatoms. The molecule has 27 heavy (non-hydrogen) atoms. The third-order valence-electron chi connectivity index (χ3n) is 4.02. The first kappa shape index (κ1) is 20.6. The van der Waals surface area contributed by atoms with Crippen molar-refractivity contribution in [2.24, 2.45) is 0 Å². The van der Waals surface area contributed by atoms with Gasteiger partial charge in [0.2, 0.25) is 5.91 Å². The average Bonchev–Trinajstić information content (AvgIpc) is 2.66. The number of aryl methyl sites for hydroxylation is 1. The van der Waals surface area contributed by atoms with Gasteiger partial charge in [-0.25, -0.2) is 0 Å². The second-order valence-corrected chi connectivity index (χ2v) is 6.70. The van der Waals surface area contributed by atoms with Crippen LogP contribution in [0.4, 0.5) is 5.69 Å². The summed E-state index contributed by atoms with van der Waals surface area (Å²) in [6.45, 7) is 6.11. The summed E-state index contributed by atoms with van der Waals surface area (Å²) in [4.78, 5) is 12.2. The lowest BCUT2D eigenvalue weighted by atomic mass is 10.1. The van der Waals surface area contributed by atoms with Crippen molar-refractivity contribution < 1.29 is 14.3 Å². The fourth-order valence-corrected chi connectivity index (χ4v) is 2.63. The second kappa shape index (κ2) is 10.4. The van der Waals surface area contributed by atoms with Crippen molar-refractivity contribution in [1.29, 1.82) is 0 Å². The SMILES string of the molecule is CCCCc1ccc(NC(=O)C=Cc2ccc(OC(C)C)c(OC)c2)cc1. The molecular formula is C23H29NO3. The number of hydrogen-bond donors (Lipinski definition) is 1. The molecule has 0 saturated carbocycles. The van der Waals surface area contributed by atoms with Crippen LogP contribution in [0, 0.1) is 0 Å². The minimum Gasteiger partial charge on any atom is -0.493 e. The molecule has 2 rings (SSSR count). The van der Waals surface area contributed by atoms with Gasteiger partial charge in [-0.1, -0.05) is 31.5 Å². The van der Waals surface area contributed by atoms with Gasteiger partial charge in [0.1, 0.15) is 0 Å². The van der Waals surface area contributed by atoms with Crippen molar-refractivity contribution in [2.75, 3.05) is 12.4 Å². The van der Waals surface area contributed by atoms with E-state index in [1.165, 1.54) is 24.5 Å². The van der Waals surface area contributed by atoms with E-state index in [1.54, 1.807) is 13.2 Å². The van der Waals surface area contributed by atoms with Crippen LogP contribution in [0.25, 0.3) is 6.08 Å². The van der Waals surface area contributed by atoms with Gasteiger partial charge < -0.3 is 14.8 Å². The average molecular weight is 367 g/mol. The number of nitrogens with one attached hydrogen (secondary N) is 1. The van der Waals surface area contributed by atoms with Crippen LogP contribution in [0.2, 0.25) is 0 Å². The molecule has 0 aromatic heterocycles. The zero-order chi connectivity index (χ0) is 19.6. The van der Waals surface area contributed by atoms with Gasteiger partial charge in [-0.3, -0.25) is 4.79 Å². The number of hydrogen-bond acceptors (Lipinski definition) is 3. The van der Waals surface area contributed by atoms with Gasteiger partial charge in [0.25, 0.3) is 0 Å². The number of methoxy groups -OCH3 is 1. The number of unbranched alkanes of at least 4 members (excludes halogenated alkanes) is 1. The first-order chi connectivity index (χ1) is 13.0. The first-order valence-electron chi connectivity index (χ1n) is 9.44. The highest BCUT2D eigenvalue weighted by Gasteiger charge is 2.07. The molecule has 2 aromatic carbocycles. The summed E-state index contributed by atoms with van der Waals surface area (Å²) in [5.41, 5.74) is 2.96. The Labute approximate surface area is 162 Å². The molecule has 0 aliphatic carbocycles. The van der Waals surface area contributed by atoms with Crippen LogP contribution in [0.1, 0.15) is 44.7 Å². The van der Waals surface area contributed by atoms with Crippen LogP contribution in [0.3, 0.4) is 0 Å². The summed E-state index contributed by atoms with van der Waals surface area (Å²) in [6.07, 6.45) is 6.77. The maximum absolute atomic E-state index is 12.2. The summed E-state index contributed by atoms with van der Waals surface area (Å²) in [7, 11) is 1.60. The van der Waals surface area contributed by atoms with Crippen molar-refractivity contribution in [1.82, 2.24) is 0 Å². The molecular weight excluding hydrogens is 338 g/mol. The zero-order valence-corrected chi connectivity index (χ0v) is 16.6. The first-order valence-corrected chi connectivity index (χ1v) is 9.44. The summed E-state index contributed by atoms with van der Waals surface area (Å²) in [5, 5.41) is 2.88. The number of benzene rings is 2. The van der Waals surface area contributed by atoms with Gasteiger partial charge >= 0.3 is 0 Å². The van der Waals surface area contributed by atoms with E-state index in [-0.39, 0.29) is 12.0 Å². The summed E-state index contributed by atoms with van der Waals surface area (Å²) < 4.78 is 11.1. The van der Waals surface area contributed by atoms with Crippen LogP contribution in [0.5, 0.6) is 11.5 Å². The minimum absolute atomic E-state index is 0.0689. The lowest BCUT2D eigenvalue weighted by Gasteiger charge is -2.13. The number of amides is 1. The molecule has 1 N–H and O–H groups in total. The largest absolute Gasteiger partial charge is 0.493 e. The third kappa shape index (κ3) is 6.81. The standard InChI is InChI=1S/C23H29NO3/c1-5-6-7-18-8-12-20(13-9-18)24-23(25)15-11-19-10-14-21(27-17(2)3)22(16-19)26-4/h8-17H,5-7H2,1-4H3,(H,24,25). The molecule has 0 heterocycles. The maximum Gasteiger partial charge on any atom is 0.248 e. The van der Waals surface area contributed by atoms with Gasteiger partial charge in [-0.2, -0.15) is 0 Å². The molecule has 0 saturated heterocycles. The Morgan fingerprint density at radius 2 is 1.85 bits per heavy atom. The minimum atomic E-state index is -0.169. The molecule has 4 nitrogen and oxygen atoms in total. The van der Waals surface area contributed by atoms with Crippen LogP contribution in [-0.4, -0.2) is 19.1 Å². The van der Waals surface area contributed by atoms with E-state index >= 15 is 0 Å². The maximum atomic E-state index is 12.2. The van der Waals surface area contributed by atoms with Crippen molar-refractivity contribution in [3.8, 4) is 11.5 Å². The highest BCUT2D eigenvalue weighted by Crippen LogP contribution is 2.29. The van der Waals surface area contributed by atoms with E-state index in [0.29, 0.717) is 11.5 Å². The smallest absolute Gasteiger partial charge is 0.248 e. The summed E-state index contributed by atoms with van der Waals surface area (Å²) in [6, 6.07) is 13.6. The molecule has 0 bridgehead atoms. The monoisotopic (exact) mass is 367 g/mol. The molecule has 0 fully saturated rings. The van der Waals surface area contributed by atoms with E-state index in [1.807, 2.05) is 44.2 Å². The van der Waals surface area contributed by atoms with Gasteiger partial charge in [0.15, 0.2) is 11.5 Å². The topological polar surface area (TPSA) is 47.6 Å². The molecule has 1 amide bonds. The van der Waals surface area contributed by atoms with Crippen molar-refractivity contribution >= 4 is 17.7 Å². The zero-order valence-electron chi connectivity index (χ0n) is 16.6.